The van der Waals surface area contributed by atoms with Gasteiger partial charge in [-0.1, -0.05) is 50.0 Å². The molecule has 412 valence electrons. The Labute approximate surface area is 486 Å². The fourth-order valence-electron chi connectivity index (χ4n) is 8.51. The Bertz CT molecular complexity index is 3370. The van der Waals surface area contributed by atoms with Gasteiger partial charge in [0.05, 0.1) is 79.9 Å². The Morgan fingerprint density at radius 1 is 0.872 bits per heavy atom. The van der Waals surface area contributed by atoms with Crippen LogP contribution in [0, 0.1) is 29.1 Å². The Hall–Kier alpha value is -5.08. The first-order valence-corrected chi connectivity index (χ1v) is 30.5. The van der Waals surface area contributed by atoms with Crippen molar-refractivity contribution in [3.63, 3.8) is 0 Å². The molecule has 0 saturated heterocycles. The summed E-state index contributed by atoms with van der Waals surface area (Å²) in [5, 5.41) is -2.29. The van der Waals surface area contributed by atoms with Crippen LogP contribution in [0.2, 0.25) is 0 Å². The molecule has 0 fully saturated rings. The summed E-state index contributed by atoms with van der Waals surface area (Å²) in [5.41, 5.74) is 5.64. The SMILES string of the molecule is CCOC(=O)CCCCCN(c1ccc(C#Cc2cc3c([n+](CCC(C)S(=O)(=O)[O-])c2)N=C(/C=C/C=C2\N=C4C(=CC(C#Cc5ccc(NSOOC)cc5)=CN4CCC(C)S(=O)(=O)[O-])C2(C)C)C3(C)C)cc1)S(C)(=O)=O.[Na+]. The first-order chi connectivity index (χ1) is 36.2. The molecule has 1 N–H and O–H groups in total. The van der Waals surface area contributed by atoms with Crippen molar-refractivity contribution < 1.29 is 87.2 Å². The number of aryl methyl sites for hydroxylation is 1. The third-order valence-corrected chi connectivity index (χ3v) is 17.5. The van der Waals surface area contributed by atoms with Crippen molar-refractivity contribution >= 4 is 77.2 Å². The minimum absolute atomic E-state index is 0. The molecule has 4 heterocycles. The van der Waals surface area contributed by atoms with E-state index in [1.807, 2.05) is 98.0 Å². The first kappa shape index (κ1) is 63.7. The smallest absolute Gasteiger partial charge is 0.748 e. The second-order valence-electron chi connectivity index (χ2n) is 19.8. The summed E-state index contributed by atoms with van der Waals surface area (Å²) in [6, 6.07) is 16.2. The predicted octanol–water partition coefficient (Wildman–Crippen LogP) is 4.89. The molecule has 1 aromatic heterocycles. The molecular formula is C55H65N6NaO12S4. The van der Waals surface area contributed by atoms with E-state index >= 15 is 0 Å². The topological polar surface area (TPSA) is 240 Å². The van der Waals surface area contributed by atoms with Crippen LogP contribution in [0.25, 0.3) is 0 Å². The summed E-state index contributed by atoms with van der Waals surface area (Å²) >= 11 is 0.922. The van der Waals surface area contributed by atoms with Gasteiger partial charge in [0.15, 0.2) is 5.71 Å². The number of aliphatic imine (C=N–C) groups is 2. The summed E-state index contributed by atoms with van der Waals surface area (Å²) in [6.45, 7) is 13.5. The summed E-state index contributed by atoms with van der Waals surface area (Å²) in [4.78, 5) is 28.3. The summed E-state index contributed by atoms with van der Waals surface area (Å²) in [7, 11) is -11.3. The van der Waals surface area contributed by atoms with Gasteiger partial charge in [-0.05, 0) is 132 Å². The first-order valence-electron chi connectivity index (χ1n) is 25.0. The minimum Gasteiger partial charge on any atom is -0.748 e. The Kier molecular flexibility index (Phi) is 22.4. The van der Waals surface area contributed by atoms with Crippen LogP contribution in [0.15, 0.2) is 118 Å². The molecule has 3 aliphatic rings. The van der Waals surface area contributed by atoms with Crippen LogP contribution in [0.5, 0.6) is 0 Å². The van der Waals surface area contributed by atoms with E-state index in [0.717, 1.165) is 40.9 Å². The van der Waals surface area contributed by atoms with Gasteiger partial charge in [0.1, 0.15) is 24.3 Å². The van der Waals surface area contributed by atoms with Crippen molar-refractivity contribution in [2.45, 2.75) is 109 Å². The number of aromatic nitrogens is 1. The average Bonchev–Trinajstić information content (AvgIpc) is 3.79. The number of nitrogens with one attached hydrogen (secondary N) is 1. The molecule has 3 aliphatic heterocycles. The Balaban J connectivity index is 0.0000112. The fraction of sp³-hybridized carbons (Fsp3) is 0.418. The summed E-state index contributed by atoms with van der Waals surface area (Å²) < 4.78 is 113. The number of allylic oxidation sites excluding steroid dienone is 6. The van der Waals surface area contributed by atoms with Gasteiger partial charge >= 0.3 is 41.3 Å². The standard InChI is InChI=1S/C55H66N6O12S4.Na/c1-10-72-51(62)17-12-11-13-32-61(75(9,63)64)46-28-24-42(25-29-46)19-21-44-36-48-53(60(38-44)34-31-40(3)77(68,69)70)57-50(55(48,6)7)16-14-15-49-54(4,5)47-35-43(20-18-41-22-26-45(27-23-41)58-74-73-71-8)37-59(52(47)56-49)33-30-39(2)76(65,66)67;/h14-16,22-29,35-40,58H,10-13,17,30-34H2,1-9H3,(H-,65,66,67,68,69,70);/q;+1/p-1. The number of carbonyl (C=O) groups is 1. The van der Waals surface area contributed by atoms with E-state index in [2.05, 4.69) is 33.3 Å². The van der Waals surface area contributed by atoms with Gasteiger partial charge in [0.25, 0.3) is 0 Å². The second-order valence-corrected chi connectivity index (χ2v) is 25.8. The zero-order chi connectivity index (χ0) is 56.3. The number of anilines is 2. The summed E-state index contributed by atoms with van der Waals surface area (Å²) in [5.74, 6) is 13.8. The third-order valence-electron chi connectivity index (χ3n) is 13.3. The van der Waals surface area contributed by atoms with Gasteiger partial charge < -0.3 is 23.5 Å². The largest absolute Gasteiger partial charge is 1.00 e. The summed E-state index contributed by atoms with van der Waals surface area (Å²) in [6.07, 6.45) is 14.5. The number of fused-ring (bicyclic) bond motifs is 2. The van der Waals surface area contributed by atoms with Crippen molar-refractivity contribution in [1.82, 2.24) is 4.90 Å². The van der Waals surface area contributed by atoms with Crippen molar-refractivity contribution in [3.8, 4) is 23.7 Å². The van der Waals surface area contributed by atoms with Crippen LogP contribution in [-0.2, 0) is 61.0 Å². The van der Waals surface area contributed by atoms with Gasteiger partial charge in [0, 0.05) is 70.8 Å². The van der Waals surface area contributed by atoms with E-state index in [9.17, 15) is 39.2 Å². The molecular weight excluding hydrogens is 1090 g/mol. The number of pyridine rings is 1. The zero-order valence-corrected chi connectivity index (χ0v) is 50.9. The van der Waals surface area contributed by atoms with Gasteiger partial charge in [-0.2, -0.15) is 0 Å². The maximum atomic E-state index is 12.8. The molecule has 3 aromatic rings. The molecule has 2 unspecified atom stereocenters. The van der Waals surface area contributed by atoms with Crippen LogP contribution in [0.3, 0.4) is 0 Å². The quantitative estimate of drug-likeness (QED) is 0.0127. The number of amidine groups is 1. The van der Waals surface area contributed by atoms with Gasteiger partial charge in [-0.3, -0.25) is 9.10 Å². The second kappa shape index (κ2) is 27.4. The van der Waals surface area contributed by atoms with Crippen molar-refractivity contribution in [2.75, 3.05) is 42.1 Å². The molecule has 0 radical (unpaired) electrons. The maximum Gasteiger partial charge on any atom is 1.00 e. The van der Waals surface area contributed by atoms with E-state index in [1.165, 1.54) is 25.3 Å². The number of carbonyl (C=O) groups excluding carboxylic acids is 1. The average molecular weight is 1150 g/mol. The number of rotatable bonds is 23. The van der Waals surface area contributed by atoms with Crippen molar-refractivity contribution in [3.05, 3.63) is 130 Å². The molecule has 2 atom stereocenters. The van der Waals surface area contributed by atoms with E-state index in [0.29, 0.717) is 71.3 Å². The minimum atomic E-state index is -4.56. The number of hydrogen-bond donors (Lipinski definition) is 1. The molecule has 0 bridgehead atoms. The maximum absolute atomic E-state index is 12.8. The number of nitrogens with zero attached hydrogens (tertiary/aromatic N) is 5. The van der Waals surface area contributed by atoms with Gasteiger partial charge in [-0.25, -0.2) is 39.7 Å². The van der Waals surface area contributed by atoms with Crippen molar-refractivity contribution in [2.24, 2.45) is 15.4 Å². The Morgan fingerprint density at radius 2 is 1.50 bits per heavy atom. The Morgan fingerprint density at radius 3 is 2.13 bits per heavy atom. The number of ether oxygens (including phenoxy) is 1. The predicted molar refractivity (Wildman–Crippen MR) is 298 cm³/mol. The molecule has 2 aromatic carbocycles. The van der Waals surface area contributed by atoms with Gasteiger partial charge in [-0.15, -0.1) is 4.33 Å². The molecule has 18 nitrogen and oxygen atoms in total. The van der Waals surface area contributed by atoms with E-state index in [-0.39, 0.29) is 74.4 Å². The molecule has 0 amide bonds. The molecule has 0 aliphatic carbocycles. The van der Waals surface area contributed by atoms with Crippen molar-refractivity contribution in [1.29, 1.82) is 0 Å². The van der Waals surface area contributed by atoms with Crippen LogP contribution < -0.4 is 43.2 Å². The normalized spacial score (nSPS) is 16.7. The van der Waals surface area contributed by atoms with Crippen LogP contribution >= 0.6 is 12.2 Å². The number of benzene rings is 2. The van der Waals surface area contributed by atoms with Gasteiger partial charge in [0.2, 0.25) is 10.0 Å². The fourth-order valence-corrected chi connectivity index (χ4v) is 10.6. The third kappa shape index (κ3) is 17.0. The van der Waals surface area contributed by atoms with Crippen LogP contribution in [0.1, 0.15) is 109 Å². The monoisotopic (exact) mass is 1150 g/mol. The molecule has 6 rings (SSSR count). The molecule has 0 saturated carbocycles. The van der Waals surface area contributed by atoms with Crippen LogP contribution in [0.4, 0.5) is 17.2 Å². The molecule has 23 heteroatoms. The number of esters is 1. The number of unbranched alkanes of at least 4 members (excludes halogenated alkanes) is 2. The number of sulfonamides is 1. The van der Waals surface area contributed by atoms with E-state index in [4.69, 9.17) is 19.1 Å². The van der Waals surface area contributed by atoms with E-state index in [1.54, 1.807) is 37.4 Å². The molecule has 0 spiro atoms. The van der Waals surface area contributed by atoms with Crippen LogP contribution in [-0.4, -0.2) is 100 Å². The molecule has 78 heavy (non-hydrogen) atoms. The number of hydrogen-bond acceptors (Lipinski definition) is 17. The zero-order valence-electron chi connectivity index (χ0n) is 45.7. The van der Waals surface area contributed by atoms with E-state index < -0.39 is 51.6 Å².